The van der Waals surface area contributed by atoms with Gasteiger partial charge in [0.25, 0.3) is 0 Å². The van der Waals surface area contributed by atoms with Gasteiger partial charge in [0.05, 0.1) is 13.7 Å². The SMILES string of the molecule is CCNC(=NCc1ccc(N2CCC(CO)CC2)cc1)N(C)Cc1ccc(OC)cc1. The molecule has 0 radical (unpaired) electrons. The third kappa shape index (κ3) is 6.62. The first-order chi connectivity index (χ1) is 15.1. The summed E-state index contributed by atoms with van der Waals surface area (Å²) in [6.07, 6.45) is 2.13. The molecule has 1 aliphatic rings. The quantitative estimate of drug-likeness (QED) is 0.502. The number of hydrogen-bond donors (Lipinski definition) is 2. The maximum atomic E-state index is 9.32. The van der Waals surface area contributed by atoms with Gasteiger partial charge in [-0.25, -0.2) is 4.99 Å². The first-order valence-corrected chi connectivity index (χ1v) is 11.2. The Morgan fingerprint density at radius 1 is 1.10 bits per heavy atom. The van der Waals surface area contributed by atoms with Crippen LogP contribution < -0.4 is 15.0 Å². The average Bonchev–Trinajstić information content (AvgIpc) is 2.82. The number of methoxy groups -OCH3 is 1. The van der Waals surface area contributed by atoms with Crippen molar-refractivity contribution in [1.82, 2.24) is 10.2 Å². The third-order valence-corrected chi connectivity index (χ3v) is 5.86. The van der Waals surface area contributed by atoms with E-state index in [-0.39, 0.29) is 0 Å². The van der Waals surface area contributed by atoms with Crippen LogP contribution in [0.3, 0.4) is 0 Å². The second-order valence-electron chi connectivity index (χ2n) is 8.15. The smallest absolute Gasteiger partial charge is 0.194 e. The molecule has 0 unspecified atom stereocenters. The van der Waals surface area contributed by atoms with Crippen LogP contribution in [0.2, 0.25) is 0 Å². The van der Waals surface area contributed by atoms with Crippen LogP contribution in [0.4, 0.5) is 5.69 Å². The molecular weight excluding hydrogens is 388 g/mol. The molecule has 3 rings (SSSR count). The molecule has 1 aliphatic heterocycles. The molecule has 6 nitrogen and oxygen atoms in total. The molecule has 0 bridgehead atoms. The van der Waals surface area contributed by atoms with Gasteiger partial charge < -0.3 is 25.0 Å². The van der Waals surface area contributed by atoms with E-state index in [1.165, 1.54) is 16.8 Å². The van der Waals surface area contributed by atoms with E-state index in [1.54, 1.807) is 7.11 Å². The summed E-state index contributed by atoms with van der Waals surface area (Å²) in [5, 5.41) is 12.7. The van der Waals surface area contributed by atoms with Crippen LogP contribution in [0, 0.1) is 5.92 Å². The fourth-order valence-corrected chi connectivity index (χ4v) is 3.90. The first-order valence-electron chi connectivity index (χ1n) is 11.2. The van der Waals surface area contributed by atoms with Crippen molar-refractivity contribution in [1.29, 1.82) is 0 Å². The minimum atomic E-state index is 0.311. The van der Waals surface area contributed by atoms with Gasteiger partial charge in [0.1, 0.15) is 5.75 Å². The largest absolute Gasteiger partial charge is 0.497 e. The van der Waals surface area contributed by atoms with Gasteiger partial charge >= 0.3 is 0 Å². The molecule has 168 valence electrons. The summed E-state index contributed by atoms with van der Waals surface area (Å²) >= 11 is 0. The van der Waals surface area contributed by atoms with Crippen molar-refractivity contribution in [2.75, 3.05) is 45.3 Å². The summed E-state index contributed by atoms with van der Waals surface area (Å²) in [5.41, 5.74) is 3.66. The standard InChI is InChI=1S/C25H36N4O2/c1-4-26-25(28(2)18-21-7-11-24(31-3)12-8-21)27-17-20-5-9-23(10-6-20)29-15-13-22(19-30)14-16-29/h5-12,22,30H,4,13-19H2,1-3H3,(H,26,27). The van der Waals surface area contributed by atoms with Gasteiger partial charge in [0.2, 0.25) is 0 Å². The molecule has 0 amide bonds. The Kier molecular flexibility index (Phi) is 8.59. The Bertz CT molecular complexity index is 812. The van der Waals surface area contributed by atoms with E-state index in [9.17, 15) is 5.11 Å². The minimum Gasteiger partial charge on any atom is -0.497 e. The van der Waals surface area contributed by atoms with Gasteiger partial charge in [-0.1, -0.05) is 24.3 Å². The lowest BCUT2D eigenvalue weighted by atomic mass is 9.97. The lowest BCUT2D eigenvalue weighted by Gasteiger charge is -2.32. The number of aliphatic hydroxyl groups excluding tert-OH is 1. The second-order valence-corrected chi connectivity index (χ2v) is 8.15. The molecule has 1 heterocycles. The fourth-order valence-electron chi connectivity index (χ4n) is 3.90. The lowest BCUT2D eigenvalue weighted by molar-refractivity contribution is 0.203. The molecule has 6 heteroatoms. The maximum Gasteiger partial charge on any atom is 0.194 e. The predicted molar refractivity (Wildman–Crippen MR) is 128 cm³/mol. The molecule has 1 saturated heterocycles. The molecule has 0 aromatic heterocycles. The van der Waals surface area contributed by atoms with Gasteiger partial charge in [0.15, 0.2) is 5.96 Å². The van der Waals surface area contributed by atoms with Crippen molar-refractivity contribution in [3.8, 4) is 5.75 Å². The molecule has 2 N–H and O–H groups in total. The number of nitrogens with one attached hydrogen (secondary N) is 1. The van der Waals surface area contributed by atoms with E-state index >= 15 is 0 Å². The number of aliphatic hydroxyl groups is 1. The van der Waals surface area contributed by atoms with Gasteiger partial charge in [-0.3, -0.25) is 0 Å². The first kappa shape index (κ1) is 22.9. The molecule has 0 spiro atoms. The Morgan fingerprint density at radius 2 is 1.74 bits per heavy atom. The Balaban J connectivity index is 1.58. The molecule has 0 atom stereocenters. The van der Waals surface area contributed by atoms with Crippen molar-refractivity contribution < 1.29 is 9.84 Å². The molecule has 31 heavy (non-hydrogen) atoms. The van der Waals surface area contributed by atoms with Crippen LogP contribution in [0.25, 0.3) is 0 Å². The average molecular weight is 425 g/mol. The van der Waals surface area contributed by atoms with Gasteiger partial charge in [0, 0.05) is 45.5 Å². The molecule has 2 aromatic carbocycles. The van der Waals surface area contributed by atoms with Gasteiger partial charge in [-0.05, 0) is 61.1 Å². The maximum absolute atomic E-state index is 9.32. The topological polar surface area (TPSA) is 60.3 Å². The zero-order chi connectivity index (χ0) is 22.1. The number of aliphatic imine (C=N–C) groups is 1. The van der Waals surface area contributed by atoms with Gasteiger partial charge in [-0.2, -0.15) is 0 Å². The highest BCUT2D eigenvalue weighted by molar-refractivity contribution is 5.79. The summed E-state index contributed by atoms with van der Waals surface area (Å²) < 4.78 is 5.24. The van der Waals surface area contributed by atoms with Crippen LogP contribution in [-0.4, -0.2) is 56.4 Å². The van der Waals surface area contributed by atoms with E-state index < -0.39 is 0 Å². The number of nitrogens with zero attached hydrogens (tertiary/aromatic N) is 3. The van der Waals surface area contributed by atoms with E-state index in [0.717, 1.165) is 50.7 Å². The minimum absolute atomic E-state index is 0.311. The number of anilines is 1. The third-order valence-electron chi connectivity index (χ3n) is 5.86. The highest BCUT2D eigenvalue weighted by atomic mass is 16.5. The van der Waals surface area contributed by atoms with Gasteiger partial charge in [-0.15, -0.1) is 0 Å². The number of piperidine rings is 1. The van der Waals surface area contributed by atoms with Crippen LogP contribution in [-0.2, 0) is 13.1 Å². The Morgan fingerprint density at radius 3 is 2.32 bits per heavy atom. The van der Waals surface area contributed by atoms with Crippen LogP contribution in [0.1, 0.15) is 30.9 Å². The number of benzene rings is 2. The highest BCUT2D eigenvalue weighted by Crippen LogP contribution is 2.23. The van der Waals surface area contributed by atoms with E-state index in [4.69, 9.17) is 9.73 Å². The Hall–Kier alpha value is -2.73. The van der Waals surface area contributed by atoms with Crippen molar-refractivity contribution in [3.63, 3.8) is 0 Å². The number of hydrogen-bond acceptors (Lipinski definition) is 4. The van der Waals surface area contributed by atoms with E-state index in [1.807, 2.05) is 12.1 Å². The summed E-state index contributed by atoms with van der Waals surface area (Å²) in [7, 11) is 3.74. The lowest BCUT2D eigenvalue weighted by Crippen LogP contribution is -2.38. The number of rotatable bonds is 8. The van der Waals surface area contributed by atoms with Crippen LogP contribution in [0.15, 0.2) is 53.5 Å². The fraction of sp³-hybridized carbons (Fsp3) is 0.480. The van der Waals surface area contributed by atoms with Crippen molar-refractivity contribution in [2.24, 2.45) is 10.9 Å². The number of ether oxygens (including phenoxy) is 1. The highest BCUT2D eigenvalue weighted by Gasteiger charge is 2.18. The Labute approximate surface area is 186 Å². The zero-order valence-electron chi connectivity index (χ0n) is 19.1. The summed E-state index contributed by atoms with van der Waals surface area (Å²) in [6, 6.07) is 16.9. The zero-order valence-corrected chi connectivity index (χ0v) is 19.1. The summed E-state index contributed by atoms with van der Waals surface area (Å²) in [5.74, 6) is 2.23. The van der Waals surface area contributed by atoms with Crippen LogP contribution in [0.5, 0.6) is 5.75 Å². The molecule has 0 saturated carbocycles. The second kappa shape index (κ2) is 11.6. The van der Waals surface area contributed by atoms with E-state index in [2.05, 4.69) is 65.5 Å². The molecule has 2 aromatic rings. The monoisotopic (exact) mass is 424 g/mol. The molecular formula is C25H36N4O2. The van der Waals surface area contributed by atoms with Crippen molar-refractivity contribution >= 4 is 11.6 Å². The summed E-state index contributed by atoms with van der Waals surface area (Å²) in [6.45, 7) is 6.68. The predicted octanol–water partition coefficient (Wildman–Crippen LogP) is 3.50. The van der Waals surface area contributed by atoms with E-state index in [0.29, 0.717) is 19.1 Å². The summed E-state index contributed by atoms with van der Waals surface area (Å²) in [4.78, 5) is 9.39. The molecule has 1 fully saturated rings. The normalized spacial score (nSPS) is 15.1. The van der Waals surface area contributed by atoms with Crippen molar-refractivity contribution in [2.45, 2.75) is 32.9 Å². The van der Waals surface area contributed by atoms with Crippen LogP contribution >= 0.6 is 0 Å². The molecule has 0 aliphatic carbocycles. The number of guanidine groups is 1. The van der Waals surface area contributed by atoms with Crippen molar-refractivity contribution in [3.05, 3.63) is 59.7 Å².